The molecule has 0 aliphatic heterocycles. The number of hydrogen-bond donors (Lipinski definition) is 3. The molecule has 0 fully saturated rings. The Labute approximate surface area is 172 Å². The van der Waals surface area contributed by atoms with E-state index in [0.29, 0.717) is 29.6 Å². The highest BCUT2D eigenvalue weighted by atomic mass is 19.1. The molecule has 30 heavy (non-hydrogen) atoms. The predicted octanol–water partition coefficient (Wildman–Crippen LogP) is 4.34. The summed E-state index contributed by atoms with van der Waals surface area (Å²) in [5.41, 5.74) is 0.437. The van der Waals surface area contributed by atoms with Crippen molar-refractivity contribution in [2.75, 3.05) is 10.6 Å². The number of H-pyrrole nitrogens is 1. The summed E-state index contributed by atoms with van der Waals surface area (Å²) >= 11 is 0. The molecule has 10 nitrogen and oxygen atoms in total. The molecule has 11 heteroatoms. The molecule has 0 aliphatic carbocycles. The first-order chi connectivity index (χ1) is 14.4. The van der Waals surface area contributed by atoms with Crippen molar-refractivity contribution in [3.8, 4) is 5.88 Å². The summed E-state index contributed by atoms with van der Waals surface area (Å²) in [6, 6.07) is 7.12. The molecule has 3 heterocycles. The molecule has 0 aliphatic rings. The minimum absolute atomic E-state index is 0.0339. The van der Waals surface area contributed by atoms with Gasteiger partial charge in [0.15, 0.2) is 0 Å². The van der Waals surface area contributed by atoms with Gasteiger partial charge in [-0.05, 0) is 38.5 Å². The molecular formula is C19H22FN7O3. The number of aromatic nitrogens is 4. The fourth-order valence-corrected chi connectivity index (χ4v) is 2.73. The van der Waals surface area contributed by atoms with Crippen molar-refractivity contribution < 1.29 is 14.1 Å². The van der Waals surface area contributed by atoms with Crippen LogP contribution in [0.4, 0.5) is 27.5 Å². The summed E-state index contributed by atoms with van der Waals surface area (Å²) in [6.07, 6.45) is 1.73. The molecule has 0 saturated carbocycles. The molecule has 3 aromatic rings. The van der Waals surface area contributed by atoms with Crippen molar-refractivity contribution in [2.45, 2.75) is 39.3 Å². The number of nitrogens with one attached hydrogen (secondary N) is 3. The van der Waals surface area contributed by atoms with Gasteiger partial charge in [0.05, 0.1) is 29.0 Å². The lowest BCUT2D eigenvalue weighted by Gasteiger charge is -2.17. The highest BCUT2D eigenvalue weighted by Crippen LogP contribution is 2.29. The third-order valence-electron chi connectivity index (χ3n) is 4.07. The van der Waals surface area contributed by atoms with E-state index in [0.717, 1.165) is 6.20 Å². The molecule has 0 amide bonds. The van der Waals surface area contributed by atoms with Crippen LogP contribution >= 0.6 is 0 Å². The molecule has 1 atom stereocenters. The number of ether oxygens (including phenoxy) is 1. The van der Waals surface area contributed by atoms with Crippen LogP contribution in [0, 0.1) is 15.9 Å². The lowest BCUT2D eigenvalue weighted by atomic mass is 10.1. The maximum atomic E-state index is 13.1. The zero-order valence-corrected chi connectivity index (χ0v) is 16.7. The fourth-order valence-electron chi connectivity index (χ4n) is 2.73. The van der Waals surface area contributed by atoms with Gasteiger partial charge >= 0.3 is 5.69 Å². The number of halogens is 1. The van der Waals surface area contributed by atoms with Crippen LogP contribution in [-0.4, -0.2) is 31.2 Å². The second-order valence-electron chi connectivity index (χ2n) is 6.74. The molecule has 0 radical (unpaired) electrons. The van der Waals surface area contributed by atoms with Gasteiger partial charge in [0, 0.05) is 12.1 Å². The number of rotatable bonds is 9. The Morgan fingerprint density at radius 2 is 2.10 bits per heavy atom. The second kappa shape index (κ2) is 9.16. The lowest BCUT2D eigenvalue weighted by Crippen LogP contribution is -2.13. The van der Waals surface area contributed by atoms with Crippen LogP contribution < -0.4 is 15.4 Å². The average Bonchev–Trinajstić information content (AvgIpc) is 3.13. The van der Waals surface area contributed by atoms with E-state index in [1.807, 2.05) is 20.8 Å². The zero-order chi connectivity index (χ0) is 21.7. The number of pyridine rings is 2. The van der Waals surface area contributed by atoms with Crippen LogP contribution in [0.1, 0.15) is 38.9 Å². The van der Waals surface area contributed by atoms with Gasteiger partial charge in [-0.25, -0.2) is 9.37 Å². The van der Waals surface area contributed by atoms with Gasteiger partial charge in [-0.3, -0.25) is 20.2 Å². The summed E-state index contributed by atoms with van der Waals surface area (Å²) < 4.78 is 18.6. The normalized spacial score (nSPS) is 11.9. The van der Waals surface area contributed by atoms with Crippen molar-refractivity contribution in [1.29, 1.82) is 0 Å². The van der Waals surface area contributed by atoms with Gasteiger partial charge in [-0.1, -0.05) is 6.92 Å². The summed E-state index contributed by atoms with van der Waals surface area (Å²) in [5.74, 6) is 0.767. The zero-order valence-electron chi connectivity index (χ0n) is 16.7. The quantitative estimate of drug-likeness (QED) is 0.347. The molecule has 0 saturated heterocycles. The summed E-state index contributed by atoms with van der Waals surface area (Å²) in [6.45, 7) is 5.67. The maximum Gasteiger partial charge on any atom is 0.311 e. The highest BCUT2D eigenvalue weighted by Gasteiger charge is 2.19. The second-order valence-corrected chi connectivity index (χ2v) is 6.74. The van der Waals surface area contributed by atoms with E-state index in [-0.39, 0.29) is 23.7 Å². The van der Waals surface area contributed by atoms with Gasteiger partial charge in [0.1, 0.15) is 17.5 Å². The molecular weight excluding hydrogens is 393 g/mol. The number of hydrogen-bond acceptors (Lipinski definition) is 8. The molecule has 0 unspecified atom stereocenters. The average molecular weight is 415 g/mol. The molecule has 158 valence electrons. The van der Waals surface area contributed by atoms with E-state index >= 15 is 0 Å². The SMILES string of the molecule is CC[C@H](Nc1ccc([N+](=O)[O-])c(Nc2cc(OC(C)C)n[nH]2)n1)c1ccc(F)cn1. The smallest absolute Gasteiger partial charge is 0.311 e. The van der Waals surface area contributed by atoms with Crippen LogP contribution in [0.25, 0.3) is 0 Å². The monoisotopic (exact) mass is 415 g/mol. The summed E-state index contributed by atoms with van der Waals surface area (Å²) in [4.78, 5) is 19.3. The van der Waals surface area contributed by atoms with Crippen molar-refractivity contribution in [2.24, 2.45) is 0 Å². The Balaban J connectivity index is 1.84. The van der Waals surface area contributed by atoms with Crippen LogP contribution in [0.2, 0.25) is 0 Å². The number of nitrogens with zero attached hydrogens (tertiary/aromatic N) is 4. The largest absolute Gasteiger partial charge is 0.474 e. The van der Waals surface area contributed by atoms with Gasteiger partial charge in [0.2, 0.25) is 11.7 Å². The highest BCUT2D eigenvalue weighted by molar-refractivity contribution is 5.66. The van der Waals surface area contributed by atoms with E-state index in [2.05, 4.69) is 30.8 Å². The molecule has 3 rings (SSSR count). The third-order valence-corrected chi connectivity index (χ3v) is 4.07. The van der Waals surface area contributed by atoms with Crippen LogP contribution in [0.3, 0.4) is 0 Å². The molecule has 3 aromatic heterocycles. The molecule has 0 spiro atoms. The Morgan fingerprint density at radius 3 is 2.73 bits per heavy atom. The third kappa shape index (κ3) is 5.19. The Morgan fingerprint density at radius 1 is 1.30 bits per heavy atom. The topological polar surface area (TPSA) is 131 Å². The molecule has 0 aromatic carbocycles. The summed E-state index contributed by atoms with van der Waals surface area (Å²) in [5, 5.41) is 24.2. The number of aromatic amines is 1. The van der Waals surface area contributed by atoms with E-state index < -0.39 is 10.7 Å². The minimum atomic E-state index is -0.528. The van der Waals surface area contributed by atoms with Crippen LogP contribution in [0.5, 0.6) is 5.88 Å². The molecule has 3 N–H and O–H groups in total. The van der Waals surface area contributed by atoms with Crippen molar-refractivity contribution in [1.82, 2.24) is 20.2 Å². The van der Waals surface area contributed by atoms with E-state index in [1.54, 1.807) is 12.1 Å². The first-order valence-corrected chi connectivity index (χ1v) is 9.38. The lowest BCUT2D eigenvalue weighted by molar-refractivity contribution is -0.384. The van der Waals surface area contributed by atoms with E-state index in [4.69, 9.17) is 4.74 Å². The van der Waals surface area contributed by atoms with E-state index in [9.17, 15) is 14.5 Å². The van der Waals surface area contributed by atoms with Gasteiger partial charge in [0.25, 0.3) is 0 Å². The summed E-state index contributed by atoms with van der Waals surface area (Å²) in [7, 11) is 0. The maximum absolute atomic E-state index is 13.1. The number of anilines is 3. The van der Waals surface area contributed by atoms with Gasteiger partial charge in [-0.2, -0.15) is 0 Å². The molecule has 0 bridgehead atoms. The first-order valence-electron chi connectivity index (χ1n) is 9.38. The van der Waals surface area contributed by atoms with Crippen molar-refractivity contribution in [3.63, 3.8) is 0 Å². The first kappa shape index (κ1) is 21.0. The Bertz CT molecular complexity index is 1010. The predicted molar refractivity (Wildman–Crippen MR) is 109 cm³/mol. The fraction of sp³-hybridized carbons (Fsp3) is 0.316. The van der Waals surface area contributed by atoms with Crippen molar-refractivity contribution >= 4 is 23.1 Å². The van der Waals surface area contributed by atoms with Crippen LogP contribution in [0.15, 0.2) is 36.5 Å². The Hall–Kier alpha value is -3.76. The van der Waals surface area contributed by atoms with E-state index in [1.165, 1.54) is 18.2 Å². The van der Waals surface area contributed by atoms with Gasteiger partial charge < -0.3 is 15.4 Å². The number of nitro groups is 1. The van der Waals surface area contributed by atoms with Crippen molar-refractivity contribution in [3.05, 3.63) is 58.2 Å². The standard InChI is InChI=1S/C19H22FN7O3/c1-4-13(14-6-5-12(20)10-21-14)22-16-8-7-15(27(28)29)19(23-16)24-17-9-18(26-25-17)30-11(2)3/h5-11,13H,4H2,1-3H3,(H3,22,23,24,25,26)/t13-/m0/s1. The minimum Gasteiger partial charge on any atom is -0.474 e. The van der Waals surface area contributed by atoms with Crippen LogP contribution in [-0.2, 0) is 0 Å². The van der Waals surface area contributed by atoms with Gasteiger partial charge in [-0.15, -0.1) is 5.10 Å². The Kier molecular flexibility index (Phi) is 6.40.